The number of amides is 1. The molecule has 0 fully saturated rings. The second-order valence-electron chi connectivity index (χ2n) is 5.36. The van der Waals surface area contributed by atoms with Crippen molar-refractivity contribution < 1.29 is 19.6 Å². The molecule has 0 saturated heterocycles. The Morgan fingerprint density at radius 2 is 2.00 bits per heavy atom. The Morgan fingerprint density at radius 3 is 2.62 bits per heavy atom. The molecule has 26 heavy (non-hydrogen) atoms. The Balaban J connectivity index is 2.15. The predicted octanol–water partition coefficient (Wildman–Crippen LogP) is 2.57. The summed E-state index contributed by atoms with van der Waals surface area (Å²) in [6.07, 6.45) is -1.36. The number of benzene rings is 2. The molecule has 0 aliphatic carbocycles. The Kier molecular flexibility index (Phi) is 6.40. The number of nitrogens with one attached hydrogen (secondary N) is 1. The average molecular weight is 357 g/mol. The van der Waals surface area contributed by atoms with Crippen molar-refractivity contribution in [2.24, 2.45) is 5.10 Å². The summed E-state index contributed by atoms with van der Waals surface area (Å²) in [5.41, 5.74) is 3.32. The van der Waals surface area contributed by atoms with Crippen LogP contribution in [0.15, 0.2) is 53.6 Å². The summed E-state index contributed by atoms with van der Waals surface area (Å²) in [4.78, 5) is 22.6. The number of ether oxygens (including phenoxy) is 1. The number of nitrogens with zero attached hydrogens (tertiary/aromatic N) is 2. The topological polar surface area (TPSA) is 114 Å². The lowest BCUT2D eigenvalue weighted by Gasteiger charge is -2.10. The Hall–Kier alpha value is -3.26. The summed E-state index contributed by atoms with van der Waals surface area (Å²) in [7, 11) is 0. The van der Waals surface area contributed by atoms with Gasteiger partial charge in [-0.2, -0.15) is 5.10 Å². The van der Waals surface area contributed by atoms with Crippen LogP contribution in [-0.2, 0) is 4.79 Å². The van der Waals surface area contributed by atoms with Gasteiger partial charge in [-0.3, -0.25) is 14.9 Å². The van der Waals surface area contributed by atoms with Gasteiger partial charge >= 0.3 is 5.69 Å². The summed E-state index contributed by atoms with van der Waals surface area (Å²) < 4.78 is 5.23. The number of carbonyl (C=O) groups excluding carboxylic acids is 1. The second kappa shape index (κ2) is 8.72. The molecule has 0 spiro atoms. The molecule has 1 amide bonds. The molecule has 0 unspecified atom stereocenters. The third-order valence-electron chi connectivity index (χ3n) is 3.57. The van der Waals surface area contributed by atoms with E-state index in [1.165, 1.54) is 12.1 Å². The number of hydrazone groups is 1. The first-order valence-electron chi connectivity index (χ1n) is 7.92. The number of carbonyl (C=O) groups is 1. The third kappa shape index (κ3) is 4.64. The quantitative estimate of drug-likeness (QED) is 0.449. The number of hydrogen-bond donors (Lipinski definition) is 2. The summed E-state index contributed by atoms with van der Waals surface area (Å²) in [5, 5.41) is 25.1. The second-order valence-corrected chi connectivity index (χ2v) is 5.36. The largest absolute Gasteiger partial charge is 0.487 e. The van der Waals surface area contributed by atoms with E-state index in [0.29, 0.717) is 23.4 Å². The van der Waals surface area contributed by atoms with Gasteiger partial charge in [-0.1, -0.05) is 30.3 Å². The van der Waals surface area contributed by atoms with Gasteiger partial charge in [0.25, 0.3) is 5.91 Å². The molecule has 0 bridgehead atoms. The summed E-state index contributed by atoms with van der Waals surface area (Å²) >= 11 is 0. The fourth-order valence-corrected chi connectivity index (χ4v) is 2.21. The first kappa shape index (κ1) is 19.1. The highest BCUT2D eigenvalue weighted by Gasteiger charge is 2.18. The zero-order valence-electron chi connectivity index (χ0n) is 14.4. The van der Waals surface area contributed by atoms with E-state index in [0.717, 1.165) is 0 Å². The molecule has 136 valence electrons. The molecule has 1 atom stereocenters. The highest BCUT2D eigenvalue weighted by Crippen LogP contribution is 2.28. The van der Waals surface area contributed by atoms with Crippen molar-refractivity contribution in [1.82, 2.24) is 5.43 Å². The highest BCUT2D eigenvalue weighted by atomic mass is 16.6. The van der Waals surface area contributed by atoms with Crippen LogP contribution in [0.3, 0.4) is 0 Å². The molecule has 0 aliphatic rings. The molecule has 0 radical (unpaired) electrons. The zero-order chi connectivity index (χ0) is 19.1. The van der Waals surface area contributed by atoms with Crippen molar-refractivity contribution in [1.29, 1.82) is 0 Å². The van der Waals surface area contributed by atoms with Crippen LogP contribution in [0.4, 0.5) is 5.69 Å². The smallest absolute Gasteiger partial charge is 0.311 e. The average Bonchev–Trinajstić information content (AvgIpc) is 2.66. The van der Waals surface area contributed by atoms with Gasteiger partial charge in [0.1, 0.15) is 0 Å². The van der Waals surface area contributed by atoms with E-state index in [2.05, 4.69) is 10.5 Å². The molecular weight excluding hydrogens is 338 g/mol. The van der Waals surface area contributed by atoms with Crippen LogP contribution in [0.1, 0.15) is 31.1 Å². The minimum Gasteiger partial charge on any atom is -0.487 e. The zero-order valence-corrected chi connectivity index (χ0v) is 14.4. The van der Waals surface area contributed by atoms with Gasteiger partial charge in [0, 0.05) is 11.6 Å². The standard InChI is InChI=1S/C18H19N3O5/c1-3-26-16-10-9-14(11-15(16)21(24)25)12(2)19-20-18(23)17(22)13-7-5-4-6-8-13/h4-11,17,22H,3H2,1-2H3,(H,20,23)/b19-12-/t17-/m0/s1. The lowest BCUT2D eigenvalue weighted by Crippen LogP contribution is -2.26. The lowest BCUT2D eigenvalue weighted by atomic mass is 10.1. The van der Waals surface area contributed by atoms with Crippen LogP contribution in [0.25, 0.3) is 0 Å². The van der Waals surface area contributed by atoms with Crippen LogP contribution in [-0.4, -0.2) is 28.3 Å². The van der Waals surface area contributed by atoms with Gasteiger partial charge in [0.05, 0.1) is 17.2 Å². The van der Waals surface area contributed by atoms with Crippen LogP contribution in [0.5, 0.6) is 5.75 Å². The monoisotopic (exact) mass is 357 g/mol. The van der Waals surface area contributed by atoms with E-state index in [1.807, 2.05) is 0 Å². The molecule has 0 aromatic heterocycles. The summed E-state index contributed by atoms with van der Waals surface area (Å²) in [6, 6.07) is 12.8. The molecule has 2 N–H and O–H groups in total. The maximum absolute atomic E-state index is 12.0. The molecule has 8 nitrogen and oxygen atoms in total. The van der Waals surface area contributed by atoms with Crippen LogP contribution >= 0.6 is 0 Å². The van der Waals surface area contributed by atoms with E-state index < -0.39 is 16.9 Å². The van der Waals surface area contributed by atoms with Crippen molar-refractivity contribution in [3.05, 3.63) is 69.8 Å². The SMILES string of the molecule is CCOc1ccc(/C(C)=N\NC(=O)[C@@H](O)c2ccccc2)cc1[N+](=O)[O-]. The van der Waals surface area contributed by atoms with Crippen molar-refractivity contribution in [3.63, 3.8) is 0 Å². The minimum absolute atomic E-state index is 0.164. The fraction of sp³-hybridized carbons (Fsp3) is 0.222. The number of aliphatic hydroxyl groups is 1. The lowest BCUT2D eigenvalue weighted by molar-refractivity contribution is -0.385. The van der Waals surface area contributed by atoms with Crippen molar-refractivity contribution >= 4 is 17.3 Å². The van der Waals surface area contributed by atoms with Crippen LogP contribution in [0, 0.1) is 10.1 Å². The van der Waals surface area contributed by atoms with E-state index in [9.17, 15) is 20.0 Å². The van der Waals surface area contributed by atoms with Crippen molar-refractivity contribution in [2.75, 3.05) is 6.61 Å². The maximum atomic E-state index is 12.0. The van der Waals surface area contributed by atoms with Gasteiger partial charge in [0.2, 0.25) is 0 Å². The third-order valence-corrected chi connectivity index (χ3v) is 3.57. The molecule has 8 heteroatoms. The summed E-state index contributed by atoms with van der Waals surface area (Å²) in [6.45, 7) is 3.63. The van der Waals surface area contributed by atoms with Crippen LogP contribution < -0.4 is 10.2 Å². The normalized spacial score (nSPS) is 12.3. The predicted molar refractivity (Wildman–Crippen MR) is 96.0 cm³/mol. The first-order chi connectivity index (χ1) is 12.4. The number of aliphatic hydroxyl groups excluding tert-OH is 1. The number of nitro groups is 1. The first-order valence-corrected chi connectivity index (χ1v) is 7.92. The molecule has 0 heterocycles. The molecule has 2 aromatic rings. The fourth-order valence-electron chi connectivity index (χ4n) is 2.21. The maximum Gasteiger partial charge on any atom is 0.311 e. The number of nitro benzene ring substituents is 1. The van der Waals surface area contributed by atoms with Crippen molar-refractivity contribution in [3.8, 4) is 5.75 Å². The molecule has 2 aromatic carbocycles. The van der Waals surface area contributed by atoms with Gasteiger partial charge in [-0.05, 0) is 31.5 Å². The van der Waals surface area contributed by atoms with Gasteiger partial charge < -0.3 is 9.84 Å². The molecule has 2 rings (SSSR count). The van der Waals surface area contributed by atoms with E-state index in [4.69, 9.17) is 4.74 Å². The Bertz CT molecular complexity index is 821. The minimum atomic E-state index is -1.36. The molecule has 0 saturated carbocycles. The molecular formula is C18H19N3O5. The van der Waals surface area contributed by atoms with Gasteiger partial charge in [-0.25, -0.2) is 5.43 Å². The van der Waals surface area contributed by atoms with E-state index >= 15 is 0 Å². The Labute approximate surface area is 150 Å². The number of hydrogen-bond acceptors (Lipinski definition) is 6. The molecule has 0 aliphatic heterocycles. The number of rotatable bonds is 7. The van der Waals surface area contributed by atoms with Gasteiger partial charge in [0.15, 0.2) is 11.9 Å². The van der Waals surface area contributed by atoms with E-state index in [1.54, 1.807) is 50.2 Å². The van der Waals surface area contributed by atoms with Crippen LogP contribution in [0.2, 0.25) is 0 Å². The Morgan fingerprint density at radius 1 is 1.31 bits per heavy atom. The summed E-state index contributed by atoms with van der Waals surface area (Å²) in [5.74, 6) is -0.534. The van der Waals surface area contributed by atoms with Gasteiger partial charge in [-0.15, -0.1) is 0 Å². The van der Waals surface area contributed by atoms with Crippen molar-refractivity contribution in [2.45, 2.75) is 20.0 Å². The highest BCUT2D eigenvalue weighted by molar-refractivity contribution is 6.00. The van der Waals surface area contributed by atoms with E-state index in [-0.39, 0.29) is 11.4 Å².